The van der Waals surface area contributed by atoms with E-state index in [1.54, 1.807) is 25.5 Å². The van der Waals surface area contributed by atoms with Crippen molar-refractivity contribution in [3.8, 4) is 0 Å². The van der Waals surface area contributed by atoms with Gasteiger partial charge in [-0.2, -0.15) is 4.98 Å². The van der Waals surface area contributed by atoms with E-state index in [9.17, 15) is 0 Å². The van der Waals surface area contributed by atoms with E-state index in [0.717, 1.165) is 18.7 Å². The summed E-state index contributed by atoms with van der Waals surface area (Å²) in [5, 5.41) is 6.95. The van der Waals surface area contributed by atoms with Gasteiger partial charge in [0.05, 0.1) is 5.69 Å². The fourth-order valence-electron chi connectivity index (χ4n) is 1.27. The normalized spacial score (nSPS) is 10.6. The summed E-state index contributed by atoms with van der Waals surface area (Å²) < 4.78 is 4.99. The number of hydrogen-bond acceptors (Lipinski definition) is 6. The lowest BCUT2D eigenvalue weighted by Crippen LogP contribution is -2.17. The summed E-state index contributed by atoms with van der Waals surface area (Å²) in [6.45, 7) is 3.28. The SMILES string of the molecule is Cc1noc(CCNCc2cnccn2)n1. The van der Waals surface area contributed by atoms with Gasteiger partial charge in [-0.15, -0.1) is 0 Å². The summed E-state index contributed by atoms with van der Waals surface area (Å²) in [7, 11) is 0. The van der Waals surface area contributed by atoms with Crippen LogP contribution in [0.3, 0.4) is 0 Å². The summed E-state index contributed by atoms with van der Waals surface area (Å²) in [5.41, 5.74) is 0.921. The molecular formula is C10H13N5O. The Kier molecular flexibility index (Phi) is 3.55. The van der Waals surface area contributed by atoms with Crippen LogP contribution >= 0.6 is 0 Å². The summed E-state index contributed by atoms with van der Waals surface area (Å²) in [6, 6.07) is 0. The van der Waals surface area contributed by atoms with Crippen molar-refractivity contribution in [3.63, 3.8) is 0 Å². The lowest BCUT2D eigenvalue weighted by atomic mass is 10.4. The van der Waals surface area contributed by atoms with Gasteiger partial charge in [-0.3, -0.25) is 9.97 Å². The number of nitrogens with zero attached hydrogens (tertiary/aromatic N) is 4. The average Bonchev–Trinajstić information content (AvgIpc) is 2.72. The molecule has 0 bridgehead atoms. The van der Waals surface area contributed by atoms with Gasteiger partial charge in [-0.25, -0.2) is 0 Å². The molecule has 2 aromatic rings. The van der Waals surface area contributed by atoms with Crippen LogP contribution in [0, 0.1) is 6.92 Å². The average molecular weight is 219 g/mol. The first-order chi connectivity index (χ1) is 7.84. The highest BCUT2D eigenvalue weighted by Gasteiger charge is 2.01. The van der Waals surface area contributed by atoms with Crippen LogP contribution in [0.4, 0.5) is 0 Å². The fourth-order valence-corrected chi connectivity index (χ4v) is 1.27. The minimum absolute atomic E-state index is 0.657. The predicted molar refractivity (Wildman–Crippen MR) is 56.5 cm³/mol. The molecule has 0 aromatic carbocycles. The van der Waals surface area contributed by atoms with E-state index < -0.39 is 0 Å². The predicted octanol–water partition coefficient (Wildman–Crippen LogP) is 0.500. The van der Waals surface area contributed by atoms with Crippen molar-refractivity contribution in [2.45, 2.75) is 19.9 Å². The molecule has 0 aliphatic rings. The molecule has 2 rings (SSSR count). The molecule has 0 unspecified atom stereocenters. The molecule has 1 N–H and O–H groups in total. The molecule has 0 aliphatic heterocycles. The van der Waals surface area contributed by atoms with Gasteiger partial charge in [-0.05, 0) is 6.92 Å². The topological polar surface area (TPSA) is 76.7 Å². The second-order valence-corrected chi connectivity index (χ2v) is 3.36. The zero-order valence-electron chi connectivity index (χ0n) is 9.05. The number of hydrogen-bond donors (Lipinski definition) is 1. The quantitative estimate of drug-likeness (QED) is 0.738. The van der Waals surface area contributed by atoms with Crippen molar-refractivity contribution in [2.24, 2.45) is 0 Å². The van der Waals surface area contributed by atoms with E-state index in [1.165, 1.54) is 0 Å². The molecule has 0 amide bonds. The Morgan fingerprint density at radius 2 is 2.31 bits per heavy atom. The van der Waals surface area contributed by atoms with Crippen molar-refractivity contribution < 1.29 is 4.52 Å². The molecule has 84 valence electrons. The molecule has 0 fully saturated rings. The van der Waals surface area contributed by atoms with Gasteiger partial charge in [0.1, 0.15) is 0 Å². The minimum Gasteiger partial charge on any atom is -0.339 e. The van der Waals surface area contributed by atoms with Crippen LogP contribution in [-0.4, -0.2) is 26.7 Å². The molecule has 0 spiro atoms. The fraction of sp³-hybridized carbons (Fsp3) is 0.400. The van der Waals surface area contributed by atoms with Crippen molar-refractivity contribution in [3.05, 3.63) is 36.0 Å². The van der Waals surface area contributed by atoms with Gasteiger partial charge < -0.3 is 9.84 Å². The molecule has 6 nitrogen and oxygen atoms in total. The van der Waals surface area contributed by atoms with Crippen LogP contribution in [0.5, 0.6) is 0 Å². The highest BCUT2D eigenvalue weighted by molar-refractivity contribution is 4.93. The first kappa shape index (κ1) is 10.7. The van der Waals surface area contributed by atoms with Gasteiger partial charge in [0.25, 0.3) is 0 Å². The van der Waals surface area contributed by atoms with Crippen LogP contribution in [0.25, 0.3) is 0 Å². The molecule has 6 heteroatoms. The van der Waals surface area contributed by atoms with E-state index in [-0.39, 0.29) is 0 Å². The number of aromatic nitrogens is 4. The van der Waals surface area contributed by atoms with Crippen molar-refractivity contribution in [2.75, 3.05) is 6.54 Å². The van der Waals surface area contributed by atoms with Gasteiger partial charge in [0.2, 0.25) is 5.89 Å². The smallest absolute Gasteiger partial charge is 0.227 e. The minimum atomic E-state index is 0.657. The van der Waals surface area contributed by atoms with Crippen LogP contribution in [0.15, 0.2) is 23.1 Å². The molecule has 16 heavy (non-hydrogen) atoms. The van der Waals surface area contributed by atoms with Crippen molar-refractivity contribution >= 4 is 0 Å². The second-order valence-electron chi connectivity index (χ2n) is 3.36. The Morgan fingerprint density at radius 1 is 1.38 bits per heavy atom. The third-order valence-corrected chi connectivity index (χ3v) is 2.01. The largest absolute Gasteiger partial charge is 0.339 e. The summed E-state index contributed by atoms with van der Waals surface area (Å²) in [5.74, 6) is 1.33. The molecule has 0 saturated carbocycles. The van der Waals surface area contributed by atoms with Gasteiger partial charge in [0, 0.05) is 38.1 Å². The van der Waals surface area contributed by atoms with Crippen LogP contribution in [0.2, 0.25) is 0 Å². The van der Waals surface area contributed by atoms with E-state index in [0.29, 0.717) is 18.3 Å². The Bertz CT molecular complexity index is 428. The molecular weight excluding hydrogens is 206 g/mol. The highest BCUT2D eigenvalue weighted by atomic mass is 16.5. The molecule has 2 aromatic heterocycles. The van der Waals surface area contributed by atoms with Gasteiger partial charge >= 0.3 is 0 Å². The highest BCUT2D eigenvalue weighted by Crippen LogP contribution is 1.96. The van der Waals surface area contributed by atoms with Crippen molar-refractivity contribution in [1.82, 2.24) is 25.4 Å². The molecule has 0 radical (unpaired) electrons. The Balaban J connectivity index is 1.69. The first-order valence-corrected chi connectivity index (χ1v) is 5.09. The van der Waals surface area contributed by atoms with E-state index in [4.69, 9.17) is 4.52 Å². The molecule has 0 atom stereocenters. The maximum atomic E-state index is 4.99. The summed E-state index contributed by atoms with van der Waals surface area (Å²) in [4.78, 5) is 12.2. The van der Waals surface area contributed by atoms with E-state index in [2.05, 4.69) is 25.4 Å². The Labute approximate surface area is 93.1 Å². The first-order valence-electron chi connectivity index (χ1n) is 5.09. The maximum Gasteiger partial charge on any atom is 0.227 e. The third kappa shape index (κ3) is 3.09. The van der Waals surface area contributed by atoms with E-state index >= 15 is 0 Å². The molecule has 0 saturated heterocycles. The lowest BCUT2D eigenvalue weighted by Gasteiger charge is -2.00. The number of aryl methyl sites for hydroxylation is 1. The van der Waals surface area contributed by atoms with Gasteiger partial charge in [0.15, 0.2) is 5.82 Å². The molecule has 2 heterocycles. The third-order valence-electron chi connectivity index (χ3n) is 2.01. The monoisotopic (exact) mass is 219 g/mol. The summed E-state index contributed by atoms with van der Waals surface area (Å²) >= 11 is 0. The standard InChI is InChI=1S/C10H13N5O/c1-8-14-10(16-15-8)2-3-11-6-9-7-12-4-5-13-9/h4-5,7,11H,2-3,6H2,1H3. The Morgan fingerprint density at radius 3 is 3.00 bits per heavy atom. The summed E-state index contributed by atoms with van der Waals surface area (Å²) in [6.07, 6.45) is 5.80. The zero-order valence-corrected chi connectivity index (χ0v) is 9.05. The maximum absolute atomic E-state index is 4.99. The lowest BCUT2D eigenvalue weighted by molar-refractivity contribution is 0.372. The van der Waals surface area contributed by atoms with Crippen LogP contribution < -0.4 is 5.32 Å². The second kappa shape index (κ2) is 5.32. The zero-order chi connectivity index (χ0) is 11.2. The number of nitrogens with one attached hydrogen (secondary N) is 1. The molecule has 0 aliphatic carbocycles. The van der Waals surface area contributed by atoms with Crippen LogP contribution in [-0.2, 0) is 13.0 Å². The van der Waals surface area contributed by atoms with Crippen molar-refractivity contribution in [1.29, 1.82) is 0 Å². The van der Waals surface area contributed by atoms with E-state index in [1.807, 2.05) is 0 Å². The number of rotatable bonds is 5. The Hall–Kier alpha value is -1.82. The van der Waals surface area contributed by atoms with Gasteiger partial charge in [-0.1, -0.05) is 5.16 Å². The van der Waals surface area contributed by atoms with Crippen LogP contribution in [0.1, 0.15) is 17.4 Å².